The topological polar surface area (TPSA) is 50.4 Å². The fourth-order valence-corrected chi connectivity index (χ4v) is 4.67. The van der Waals surface area contributed by atoms with Crippen molar-refractivity contribution in [2.45, 2.75) is 96.6 Å². The Morgan fingerprint density at radius 2 is 1.44 bits per heavy atom. The van der Waals surface area contributed by atoms with Gasteiger partial charge in [-0.05, 0) is 39.5 Å². The number of carbonyl (C=O) groups excluding carboxylic acids is 1. The molecule has 0 unspecified atom stereocenters. The van der Waals surface area contributed by atoms with Gasteiger partial charge in [0.1, 0.15) is 6.10 Å². The number of benzene rings is 2. The number of alkyl carbamates (subject to hydrolysis) is 1. The Hall–Kier alpha value is -2.33. The highest BCUT2D eigenvalue weighted by Gasteiger charge is 2.34. The number of ether oxygens (including phenoxy) is 1. The molecule has 0 saturated carbocycles. The lowest BCUT2D eigenvalue weighted by molar-refractivity contribution is 0.106. The third-order valence-corrected chi connectivity index (χ3v) is 6.87. The van der Waals surface area contributed by atoms with Crippen molar-refractivity contribution in [1.82, 2.24) is 10.6 Å². The number of carbonyl (C=O) groups is 1. The molecule has 2 N–H and O–H groups in total. The monoisotopic (exact) mass is 464 g/mol. The Kier molecular flexibility index (Phi) is 8.46. The van der Waals surface area contributed by atoms with Crippen molar-refractivity contribution in [3.8, 4) is 0 Å². The van der Waals surface area contributed by atoms with Gasteiger partial charge in [0.2, 0.25) is 0 Å². The van der Waals surface area contributed by atoms with Crippen LogP contribution in [0.4, 0.5) is 4.79 Å². The summed E-state index contributed by atoms with van der Waals surface area (Å²) in [6, 6.07) is 18.3. The van der Waals surface area contributed by atoms with Crippen molar-refractivity contribution >= 4 is 6.09 Å². The molecule has 2 atom stereocenters. The molecule has 1 amide bonds. The van der Waals surface area contributed by atoms with E-state index in [9.17, 15) is 4.79 Å². The molecule has 186 valence electrons. The highest BCUT2D eigenvalue weighted by atomic mass is 16.6. The zero-order chi connectivity index (χ0) is 24.9. The molecular weight excluding hydrogens is 420 g/mol. The summed E-state index contributed by atoms with van der Waals surface area (Å²) in [6.07, 6.45) is 2.40. The third-order valence-electron chi connectivity index (χ3n) is 6.87. The minimum atomic E-state index is -0.304. The normalized spacial score (nSPS) is 18.8. The maximum atomic E-state index is 12.2. The van der Waals surface area contributed by atoms with Crippen LogP contribution in [-0.2, 0) is 15.6 Å². The highest BCUT2D eigenvalue weighted by Crippen LogP contribution is 2.35. The minimum Gasteiger partial charge on any atom is -0.445 e. The van der Waals surface area contributed by atoms with Crippen molar-refractivity contribution in [2.24, 2.45) is 0 Å². The van der Waals surface area contributed by atoms with Gasteiger partial charge >= 0.3 is 6.09 Å². The molecule has 34 heavy (non-hydrogen) atoms. The summed E-state index contributed by atoms with van der Waals surface area (Å²) in [6.45, 7) is 16.9. The van der Waals surface area contributed by atoms with E-state index in [2.05, 4.69) is 108 Å². The predicted molar refractivity (Wildman–Crippen MR) is 142 cm³/mol. The molecule has 0 spiro atoms. The first kappa shape index (κ1) is 26.3. The van der Waals surface area contributed by atoms with Gasteiger partial charge in [0, 0.05) is 31.5 Å². The van der Waals surface area contributed by atoms with E-state index in [1.165, 1.54) is 22.3 Å². The number of hydrogen-bond acceptors (Lipinski definition) is 3. The quantitative estimate of drug-likeness (QED) is 0.450. The second-order valence-corrected chi connectivity index (χ2v) is 11.8. The molecule has 1 fully saturated rings. The fourth-order valence-electron chi connectivity index (χ4n) is 4.67. The van der Waals surface area contributed by atoms with Crippen LogP contribution < -0.4 is 10.6 Å². The second-order valence-electron chi connectivity index (χ2n) is 11.8. The van der Waals surface area contributed by atoms with Gasteiger partial charge in [0.25, 0.3) is 0 Å². The van der Waals surface area contributed by atoms with Crippen molar-refractivity contribution in [1.29, 1.82) is 0 Å². The van der Waals surface area contributed by atoms with Gasteiger partial charge in [-0.2, -0.15) is 0 Å². The smallest absolute Gasteiger partial charge is 0.407 e. The molecule has 3 rings (SSSR count). The maximum Gasteiger partial charge on any atom is 0.407 e. The largest absolute Gasteiger partial charge is 0.445 e. The van der Waals surface area contributed by atoms with Crippen molar-refractivity contribution in [3.05, 3.63) is 70.8 Å². The van der Waals surface area contributed by atoms with E-state index in [1.807, 2.05) is 0 Å². The molecule has 0 radical (unpaired) electrons. The molecule has 2 aromatic carbocycles. The standard InChI is InChI=1S/C30H44N2O2/c1-8-9-18-31-28(33)34-25-19-26(32-20-25)27(21-10-14-23(15-11-21)29(2,3)4)22-12-16-24(17-13-22)30(5,6)7/h10-17,25-27,32H,8-9,18-20H2,1-7H3,(H,31,33)/t25-,26-/m1/s1. The minimum absolute atomic E-state index is 0.114. The summed E-state index contributed by atoms with van der Waals surface area (Å²) >= 11 is 0. The van der Waals surface area contributed by atoms with E-state index in [0.717, 1.165) is 19.3 Å². The lowest BCUT2D eigenvalue weighted by Crippen LogP contribution is -2.30. The van der Waals surface area contributed by atoms with Crippen LogP contribution in [0.15, 0.2) is 48.5 Å². The summed E-state index contributed by atoms with van der Waals surface area (Å²) < 4.78 is 5.73. The average Bonchev–Trinajstić information content (AvgIpc) is 3.21. The Bertz CT molecular complexity index is 863. The SMILES string of the molecule is CCCCNC(=O)O[C@H]1CN[C@@H](C(c2ccc(C(C)(C)C)cc2)c2ccc(C(C)(C)C)cc2)C1. The molecule has 1 heterocycles. The number of amides is 1. The van der Waals surface area contributed by atoms with Gasteiger partial charge in [-0.25, -0.2) is 4.79 Å². The van der Waals surface area contributed by atoms with Crippen LogP contribution >= 0.6 is 0 Å². The summed E-state index contributed by atoms with van der Waals surface area (Å²) in [5.41, 5.74) is 5.50. The molecule has 4 nitrogen and oxygen atoms in total. The number of nitrogens with one attached hydrogen (secondary N) is 2. The number of rotatable bonds is 7. The maximum absolute atomic E-state index is 12.2. The third kappa shape index (κ3) is 6.85. The number of unbranched alkanes of at least 4 members (excludes halogenated alkanes) is 1. The first-order valence-corrected chi connectivity index (χ1v) is 12.9. The van der Waals surface area contributed by atoms with Crippen LogP contribution in [0.25, 0.3) is 0 Å². The van der Waals surface area contributed by atoms with Gasteiger partial charge in [-0.1, -0.05) is 103 Å². The van der Waals surface area contributed by atoms with Gasteiger partial charge in [0.15, 0.2) is 0 Å². The number of hydrogen-bond donors (Lipinski definition) is 2. The molecule has 1 saturated heterocycles. The molecule has 0 aromatic heterocycles. The lowest BCUT2D eigenvalue weighted by Gasteiger charge is -2.27. The lowest BCUT2D eigenvalue weighted by atomic mass is 9.80. The van der Waals surface area contributed by atoms with E-state index in [4.69, 9.17) is 4.74 Å². The fraction of sp³-hybridized carbons (Fsp3) is 0.567. The van der Waals surface area contributed by atoms with Crippen LogP contribution in [0, 0.1) is 0 Å². The van der Waals surface area contributed by atoms with Gasteiger partial charge in [-0.3, -0.25) is 0 Å². The van der Waals surface area contributed by atoms with Crippen LogP contribution in [0.2, 0.25) is 0 Å². The Labute approximate surface area is 206 Å². The first-order valence-electron chi connectivity index (χ1n) is 12.9. The Balaban J connectivity index is 1.82. The van der Waals surface area contributed by atoms with Crippen LogP contribution in [-0.4, -0.2) is 31.3 Å². The summed E-state index contributed by atoms with van der Waals surface area (Å²) in [5, 5.41) is 6.53. The molecule has 1 aliphatic heterocycles. The zero-order valence-corrected chi connectivity index (χ0v) is 22.2. The molecule has 1 aliphatic rings. The second kappa shape index (κ2) is 10.9. The molecule has 0 aliphatic carbocycles. The van der Waals surface area contributed by atoms with E-state index < -0.39 is 0 Å². The van der Waals surface area contributed by atoms with Crippen LogP contribution in [0.5, 0.6) is 0 Å². The molecule has 0 bridgehead atoms. The van der Waals surface area contributed by atoms with Crippen LogP contribution in [0.1, 0.15) is 95.9 Å². The van der Waals surface area contributed by atoms with Gasteiger partial charge in [0.05, 0.1) is 0 Å². The summed E-state index contributed by atoms with van der Waals surface area (Å²) in [7, 11) is 0. The summed E-state index contributed by atoms with van der Waals surface area (Å²) in [5.74, 6) is 0.194. The zero-order valence-electron chi connectivity index (χ0n) is 22.2. The van der Waals surface area contributed by atoms with Gasteiger partial charge < -0.3 is 15.4 Å². The van der Waals surface area contributed by atoms with Crippen molar-refractivity contribution in [3.63, 3.8) is 0 Å². The Morgan fingerprint density at radius 3 is 1.88 bits per heavy atom. The first-order chi connectivity index (χ1) is 16.0. The van der Waals surface area contributed by atoms with Crippen LogP contribution in [0.3, 0.4) is 0 Å². The average molecular weight is 465 g/mol. The van der Waals surface area contributed by atoms with Crippen molar-refractivity contribution in [2.75, 3.05) is 13.1 Å². The van der Waals surface area contributed by atoms with Gasteiger partial charge in [-0.15, -0.1) is 0 Å². The summed E-state index contributed by atoms with van der Waals surface area (Å²) in [4.78, 5) is 12.2. The molecular formula is C30H44N2O2. The Morgan fingerprint density at radius 1 is 0.941 bits per heavy atom. The van der Waals surface area contributed by atoms with Crippen molar-refractivity contribution < 1.29 is 9.53 Å². The molecule has 4 heteroatoms. The van der Waals surface area contributed by atoms with E-state index in [1.54, 1.807) is 0 Å². The highest BCUT2D eigenvalue weighted by molar-refractivity contribution is 5.67. The molecule has 2 aromatic rings. The predicted octanol–water partition coefficient (Wildman–Crippen LogP) is 6.67. The van der Waals surface area contributed by atoms with E-state index >= 15 is 0 Å². The van der Waals surface area contributed by atoms with E-state index in [-0.39, 0.29) is 35.0 Å². The van der Waals surface area contributed by atoms with E-state index in [0.29, 0.717) is 13.1 Å².